The topological polar surface area (TPSA) is 12.0 Å². The first-order valence-corrected chi connectivity index (χ1v) is 5.15. The third kappa shape index (κ3) is 2.10. The van der Waals surface area contributed by atoms with E-state index in [1.54, 1.807) is 5.56 Å². The molecule has 1 N–H and O–H groups in total. The van der Waals surface area contributed by atoms with Crippen LogP contribution in [0, 0.1) is 6.92 Å². The van der Waals surface area contributed by atoms with Crippen molar-refractivity contribution in [3.05, 3.63) is 34.9 Å². The van der Waals surface area contributed by atoms with E-state index in [9.17, 15) is 0 Å². The third-order valence-electron chi connectivity index (χ3n) is 2.73. The van der Waals surface area contributed by atoms with Gasteiger partial charge in [0.05, 0.1) is 0 Å². The van der Waals surface area contributed by atoms with E-state index in [2.05, 4.69) is 30.4 Å². The summed E-state index contributed by atoms with van der Waals surface area (Å²) in [5.74, 6) is 0. The molecule has 1 aromatic rings. The lowest BCUT2D eigenvalue weighted by atomic mass is 9.97. The maximum Gasteiger partial charge on any atom is -0.000825 e. The van der Waals surface area contributed by atoms with Gasteiger partial charge in [0.25, 0.3) is 0 Å². The Bertz CT molecular complexity index is 291. The van der Waals surface area contributed by atoms with Gasteiger partial charge in [-0.15, -0.1) is 0 Å². The van der Waals surface area contributed by atoms with Gasteiger partial charge in [0.2, 0.25) is 0 Å². The minimum atomic E-state index is 1.13. The predicted molar refractivity (Wildman–Crippen MR) is 56.1 cm³/mol. The molecule has 70 valence electrons. The Balaban J connectivity index is 2.28. The number of nitrogens with one attached hydrogen (secondary N) is 1. The Labute approximate surface area is 80.2 Å². The predicted octanol–water partition coefficient (Wildman–Crippen LogP) is 2.07. The fourth-order valence-electron chi connectivity index (χ4n) is 1.98. The van der Waals surface area contributed by atoms with Crippen molar-refractivity contribution in [1.29, 1.82) is 0 Å². The lowest BCUT2D eigenvalue weighted by molar-refractivity contribution is 0.625. The van der Waals surface area contributed by atoms with Crippen LogP contribution in [0.1, 0.15) is 23.1 Å². The molecule has 2 rings (SSSR count). The summed E-state index contributed by atoms with van der Waals surface area (Å²) in [4.78, 5) is 0. The quantitative estimate of drug-likeness (QED) is 0.636. The zero-order valence-electron chi connectivity index (χ0n) is 8.27. The molecule has 0 aliphatic carbocycles. The zero-order valence-corrected chi connectivity index (χ0v) is 8.27. The van der Waals surface area contributed by atoms with Crippen molar-refractivity contribution >= 4 is 0 Å². The molecule has 0 atom stereocenters. The molecule has 0 aromatic heterocycles. The first-order valence-electron chi connectivity index (χ1n) is 5.15. The molecule has 0 unspecified atom stereocenters. The van der Waals surface area contributed by atoms with E-state index in [1.165, 1.54) is 36.9 Å². The Kier molecular flexibility index (Phi) is 2.65. The minimum absolute atomic E-state index is 1.13. The summed E-state index contributed by atoms with van der Waals surface area (Å²) in [5, 5.41) is 3.44. The molecule has 0 amide bonds. The third-order valence-corrected chi connectivity index (χ3v) is 2.73. The number of rotatable bonds is 0. The van der Waals surface area contributed by atoms with Crippen molar-refractivity contribution in [3.8, 4) is 0 Å². The molecule has 1 heteroatoms. The van der Waals surface area contributed by atoms with Crippen LogP contribution in [0.2, 0.25) is 0 Å². The van der Waals surface area contributed by atoms with E-state index in [1.807, 2.05) is 0 Å². The van der Waals surface area contributed by atoms with Crippen molar-refractivity contribution in [2.45, 2.75) is 26.2 Å². The Morgan fingerprint density at radius 3 is 2.92 bits per heavy atom. The fourth-order valence-corrected chi connectivity index (χ4v) is 1.98. The van der Waals surface area contributed by atoms with Crippen LogP contribution in [0.15, 0.2) is 18.2 Å². The van der Waals surface area contributed by atoms with Crippen molar-refractivity contribution < 1.29 is 0 Å². The maximum atomic E-state index is 3.44. The molecule has 1 aromatic carbocycles. The second-order valence-electron chi connectivity index (χ2n) is 3.88. The van der Waals surface area contributed by atoms with Crippen LogP contribution in [-0.2, 0) is 12.8 Å². The number of benzene rings is 1. The van der Waals surface area contributed by atoms with Gasteiger partial charge < -0.3 is 5.32 Å². The Morgan fingerprint density at radius 1 is 1.08 bits per heavy atom. The number of hydrogen-bond acceptors (Lipinski definition) is 1. The van der Waals surface area contributed by atoms with Gasteiger partial charge >= 0.3 is 0 Å². The van der Waals surface area contributed by atoms with Gasteiger partial charge in [0.15, 0.2) is 0 Å². The monoisotopic (exact) mass is 175 g/mol. The molecule has 13 heavy (non-hydrogen) atoms. The van der Waals surface area contributed by atoms with Crippen LogP contribution in [0.4, 0.5) is 0 Å². The number of hydrogen-bond donors (Lipinski definition) is 1. The highest BCUT2D eigenvalue weighted by molar-refractivity contribution is 5.32. The molecule has 1 aliphatic heterocycles. The highest BCUT2D eigenvalue weighted by Gasteiger charge is 2.05. The highest BCUT2D eigenvalue weighted by atomic mass is 14.8. The molecule has 0 saturated heterocycles. The standard InChI is InChI=1S/C12H17N/c1-10-4-5-11-6-8-13-7-2-3-12(11)9-10/h4-5,9,13H,2-3,6-8H2,1H3. The van der Waals surface area contributed by atoms with E-state index >= 15 is 0 Å². The van der Waals surface area contributed by atoms with E-state index in [-0.39, 0.29) is 0 Å². The van der Waals surface area contributed by atoms with E-state index in [0.29, 0.717) is 0 Å². The molecule has 0 fully saturated rings. The Morgan fingerprint density at radius 2 is 2.00 bits per heavy atom. The zero-order chi connectivity index (χ0) is 9.10. The Hall–Kier alpha value is -0.820. The van der Waals surface area contributed by atoms with Crippen molar-refractivity contribution in [3.63, 3.8) is 0 Å². The first kappa shape index (κ1) is 8.76. The average molecular weight is 175 g/mol. The summed E-state index contributed by atoms with van der Waals surface area (Å²) in [6.45, 7) is 4.49. The molecular weight excluding hydrogens is 158 g/mol. The summed E-state index contributed by atoms with van der Waals surface area (Å²) in [6.07, 6.45) is 3.70. The minimum Gasteiger partial charge on any atom is -0.316 e. The summed E-state index contributed by atoms with van der Waals surface area (Å²) in [7, 11) is 0. The normalized spacial score (nSPS) is 17.3. The average Bonchev–Trinajstić information content (AvgIpc) is 2.08. The van der Waals surface area contributed by atoms with Crippen LogP contribution in [0.3, 0.4) is 0 Å². The van der Waals surface area contributed by atoms with E-state index in [0.717, 1.165) is 6.54 Å². The molecular formula is C12H17N. The molecule has 0 saturated carbocycles. The van der Waals surface area contributed by atoms with Crippen LogP contribution < -0.4 is 5.32 Å². The number of fused-ring (bicyclic) bond motifs is 1. The first-order chi connectivity index (χ1) is 6.36. The van der Waals surface area contributed by atoms with Crippen LogP contribution in [0.25, 0.3) is 0 Å². The highest BCUT2D eigenvalue weighted by Crippen LogP contribution is 2.15. The van der Waals surface area contributed by atoms with Gasteiger partial charge in [-0.2, -0.15) is 0 Å². The molecule has 1 aliphatic rings. The molecule has 1 heterocycles. The second-order valence-corrected chi connectivity index (χ2v) is 3.88. The van der Waals surface area contributed by atoms with Crippen LogP contribution >= 0.6 is 0 Å². The van der Waals surface area contributed by atoms with E-state index < -0.39 is 0 Å². The lowest BCUT2D eigenvalue weighted by Crippen LogP contribution is -2.22. The summed E-state index contributed by atoms with van der Waals surface area (Å²) in [5.41, 5.74) is 4.51. The second kappa shape index (κ2) is 3.93. The largest absolute Gasteiger partial charge is 0.316 e. The molecule has 0 radical (unpaired) electrons. The van der Waals surface area contributed by atoms with E-state index in [4.69, 9.17) is 0 Å². The fraction of sp³-hybridized carbons (Fsp3) is 0.500. The molecule has 1 nitrogen and oxygen atoms in total. The lowest BCUT2D eigenvalue weighted by Gasteiger charge is -2.14. The van der Waals surface area contributed by atoms with Gasteiger partial charge in [-0.05, 0) is 50.4 Å². The summed E-state index contributed by atoms with van der Waals surface area (Å²) >= 11 is 0. The summed E-state index contributed by atoms with van der Waals surface area (Å²) in [6, 6.07) is 6.86. The van der Waals surface area contributed by atoms with Gasteiger partial charge in [0, 0.05) is 0 Å². The summed E-state index contributed by atoms with van der Waals surface area (Å²) < 4.78 is 0. The smallest absolute Gasteiger partial charge is 0.000825 e. The van der Waals surface area contributed by atoms with Gasteiger partial charge in [-0.3, -0.25) is 0 Å². The van der Waals surface area contributed by atoms with Gasteiger partial charge in [0.1, 0.15) is 0 Å². The number of aryl methyl sites for hydroxylation is 2. The molecule has 0 spiro atoms. The van der Waals surface area contributed by atoms with Gasteiger partial charge in [-0.1, -0.05) is 23.8 Å². The van der Waals surface area contributed by atoms with Crippen LogP contribution in [0.5, 0.6) is 0 Å². The van der Waals surface area contributed by atoms with Crippen LogP contribution in [-0.4, -0.2) is 13.1 Å². The SMILES string of the molecule is Cc1ccc2c(c1)CCCNCC2. The molecule has 0 bridgehead atoms. The van der Waals surface area contributed by atoms with Gasteiger partial charge in [-0.25, -0.2) is 0 Å². The van der Waals surface area contributed by atoms with Crippen molar-refractivity contribution in [2.24, 2.45) is 0 Å². The van der Waals surface area contributed by atoms with Crippen molar-refractivity contribution in [1.82, 2.24) is 5.32 Å². The van der Waals surface area contributed by atoms with Crippen molar-refractivity contribution in [2.75, 3.05) is 13.1 Å². The maximum absolute atomic E-state index is 3.44.